The van der Waals surface area contributed by atoms with Crippen LogP contribution < -0.4 is 4.90 Å². The molecule has 1 saturated heterocycles. The SMILES string of the molecule is CCCC1CCCN(c2ccc(C(=O)O)o2)CC1. The van der Waals surface area contributed by atoms with E-state index in [2.05, 4.69) is 11.8 Å². The normalized spacial score (nSPS) is 20.7. The van der Waals surface area contributed by atoms with Crippen molar-refractivity contribution in [2.24, 2.45) is 5.92 Å². The molecule has 0 radical (unpaired) electrons. The number of aromatic carboxylic acids is 1. The minimum atomic E-state index is -1.00. The molecule has 0 bridgehead atoms. The molecule has 1 unspecified atom stereocenters. The number of anilines is 1. The summed E-state index contributed by atoms with van der Waals surface area (Å²) in [6.45, 7) is 4.17. The molecular weight excluding hydrogens is 230 g/mol. The lowest BCUT2D eigenvalue weighted by Crippen LogP contribution is -2.23. The molecule has 1 fully saturated rings. The molecule has 2 rings (SSSR count). The van der Waals surface area contributed by atoms with Gasteiger partial charge in [0.05, 0.1) is 0 Å². The highest BCUT2D eigenvalue weighted by Gasteiger charge is 2.19. The van der Waals surface area contributed by atoms with Gasteiger partial charge in [0.15, 0.2) is 5.88 Å². The highest BCUT2D eigenvalue weighted by atomic mass is 16.4. The summed E-state index contributed by atoms with van der Waals surface area (Å²) < 4.78 is 5.36. The Bertz CT molecular complexity index is 399. The van der Waals surface area contributed by atoms with Crippen LogP contribution in [0.25, 0.3) is 0 Å². The average Bonchev–Trinajstić information content (AvgIpc) is 2.72. The number of furan rings is 1. The number of nitrogens with zero attached hydrogens (tertiary/aromatic N) is 1. The molecule has 1 atom stereocenters. The first-order chi connectivity index (χ1) is 8.70. The molecule has 1 aliphatic heterocycles. The second-order valence-electron chi connectivity index (χ2n) is 5.02. The topological polar surface area (TPSA) is 53.7 Å². The predicted molar refractivity (Wildman–Crippen MR) is 70.1 cm³/mol. The average molecular weight is 251 g/mol. The van der Waals surface area contributed by atoms with Crippen molar-refractivity contribution in [3.05, 3.63) is 17.9 Å². The maximum atomic E-state index is 10.8. The largest absolute Gasteiger partial charge is 0.475 e. The molecule has 100 valence electrons. The van der Waals surface area contributed by atoms with Gasteiger partial charge in [-0.3, -0.25) is 0 Å². The molecule has 18 heavy (non-hydrogen) atoms. The fourth-order valence-electron chi connectivity index (χ4n) is 2.70. The van der Waals surface area contributed by atoms with Crippen LogP contribution in [0.1, 0.15) is 49.6 Å². The van der Waals surface area contributed by atoms with Crippen molar-refractivity contribution >= 4 is 11.9 Å². The Kier molecular flexibility index (Phi) is 4.28. The van der Waals surface area contributed by atoms with Crippen LogP contribution in [0.4, 0.5) is 5.88 Å². The second kappa shape index (κ2) is 5.94. The number of carboxylic acids is 1. The Morgan fingerprint density at radius 3 is 2.94 bits per heavy atom. The maximum absolute atomic E-state index is 10.8. The Hall–Kier alpha value is -1.45. The van der Waals surface area contributed by atoms with Crippen molar-refractivity contribution in [3.63, 3.8) is 0 Å². The molecule has 1 aliphatic rings. The molecule has 4 nitrogen and oxygen atoms in total. The van der Waals surface area contributed by atoms with E-state index in [1.165, 1.54) is 31.7 Å². The Labute approximate surface area is 108 Å². The molecule has 4 heteroatoms. The Morgan fingerprint density at radius 2 is 2.28 bits per heavy atom. The Balaban J connectivity index is 1.98. The van der Waals surface area contributed by atoms with Gasteiger partial charge in [-0.1, -0.05) is 19.8 Å². The smallest absolute Gasteiger partial charge is 0.371 e. The molecule has 1 aromatic rings. The van der Waals surface area contributed by atoms with Gasteiger partial charge in [0.25, 0.3) is 0 Å². The van der Waals surface area contributed by atoms with Crippen molar-refractivity contribution in [1.29, 1.82) is 0 Å². The molecule has 2 heterocycles. The molecule has 1 aromatic heterocycles. The van der Waals surface area contributed by atoms with E-state index in [9.17, 15) is 4.79 Å². The summed E-state index contributed by atoms with van der Waals surface area (Å²) in [7, 11) is 0. The summed E-state index contributed by atoms with van der Waals surface area (Å²) in [5.41, 5.74) is 0. The maximum Gasteiger partial charge on any atom is 0.371 e. The van der Waals surface area contributed by atoms with Gasteiger partial charge in [0.2, 0.25) is 5.76 Å². The van der Waals surface area contributed by atoms with Crippen LogP contribution in [0.2, 0.25) is 0 Å². The minimum Gasteiger partial charge on any atom is -0.475 e. The van der Waals surface area contributed by atoms with E-state index in [1.807, 2.05) is 0 Å². The van der Waals surface area contributed by atoms with Crippen molar-refractivity contribution in [2.75, 3.05) is 18.0 Å². The van der Waals surface area contributed by atoms with Gasteiger partial charge in [-0.05, 0) is 31.2 Å². The molecule has 1 N–H and O–H groups in total. The number of rotatable bonds is 4. The lowest BCUT2D eigenvalue weighted by Gasteiger charge is -2.19. The van der Waals surface area contributed by atoms with E-state index >= 15 is 0 Å². The second-order valence-corrected chi connectivity index (χ2v) is 5.02. The highest BCUT2D eigenvalue weighted by molar-refractivity contribution is 5.84. The van der Waals surface area contributed by atoms with Crippen LogP contribution in [-0.2, 0) is 0 Å². The van der Waals surface area contributed by atoms with Crippen LogP contribution in [0.3, 0.4) is 0 Å². The summed E-state index contributed by atoms with van der Waals surface area (Å²) in [6.07, 6.45) is 6.16. The summed E-state index contributed by atoms with van der Waals surface area (Å²) in [6, 6.07) is 3.30. The van der Waals surface area contributed by atoms with Gasteiger partial charge < -0.3 is 14.4 Å². The van der Waals surface area contributed by atoms with Crippen molar-refractivity contribution < 1.29 is 14.3 Å². The summed E-state index contributed by atoms with van der Waals surface area (Å²) >= 11 is 0. The quantitative estimate of drug-likeness (QED) is 0.891. The van der Waals surface area contributed by atoms with Gasteiger partial charge >= 0.3 is 5.97 Å². The van der Waals surface area contributed by atoms with Crippen LogP contribution in [0.5, 0.6) is 0 Å². The number of carbonyl (C=O) groups is 1. The van der Waals surface area contributed by atoms with E-state index in [1.54, 1.807) is 6.07 Å². The van der Waals surface area contributed by atoms with Crippen molar-refractivity contribution in [3.8, 4) is 0 Å². The van der Waals surface area contributed by atoms with Crippen LogP contribution in [-0.4, -0.2) is 24.2 Å². The number of hydrogen-bond donors (Lipinski definition) is 1. The zero-order valence-corrected chi connectivity index (χ0v) is 10.9. The van der Waals surface area contributed by atoms with Crippen molar-refractivity contribution in [1.82, 2.24) is 0 Å². The fourth-order valence-corrected chi connectivity index (χ4v) is 2.70. The zero-order valence-electron chi connectivity index (χ0n) is 10.9. The third kappa shape index (κ3) is 3.06. The van der Waals surface area contributed by atoms with E-state index in [4.69, 9.17) is 9.52 Å². The number of carboxylic acid groups (broad SMARTS) is 1. The minimum absolute atomic E-state index is 0.0272. The van der Waals surface area contributed by atoms with Gasteiger partial charge in [-0.15, -0.1) is 0 Å². The lowest BCUT2D eigenvalue weighted by atomic mass is 9.96. The van der Waals surface area contributed by atoms with Crippen molar-refractivity contribution in [2.45, 2.75) is 39.0 Å². The highest BCUT2D eigenvalue weighted by Crippen LogP contribution is 2.26. The fraction of sp³-hybridized carbons (Fsp3) is 0.643. The summed E-state index contributed by atoms with van der Waals surface area (Å²) in [5.74, 6) is 0.540. The molecule has 0 spiro atoms. The predicted octanol–water partition coefficient (Wildman–Crippen LogP) is 3.38. The first-order valence-corrected chi connectivity index (χ1v) is 6.78. The zero-order chi connectivity index (χ0) is 13.0. The first-order valence-electron chi connectivity index (χ1n) is 6.78. The first kappa shape index (κ1) is 13.0. The Morgan fingerprint density at radius 1 is 1.44 bits per heavy atom. The van der Waals surface area contributed by atoms with E-state index in [-0.39, 0.29) is 5.76 Å². The third-order valence-corrected chi connectivity index (χ3v) is 3.66. The monoisotopic (exact) mass is 251 g/mol. The molecule has 0 aromatic carbocycles. The third-order valence-electron chi connectivity index (χ3n) is 3.66. The standard InChI is InChI=1S/C14H21NO3/c1-2-4-11-5-3-9-15(10-8-11)13-7-6-12(18-13)14(16)17/h6-7,11H,2-5,8-10H2,1H3,(H,16,17). The molecule has 0 aliphatic carbocycles. The van der Waals surface area contributed by atoms with Crippen LogP contribution in [0.15, 0.2) is 16.5 Å². The van der Waals surface area contributed by atoms with Crippen LogP contribution in [0, 0.1) is 5.92 Å². The van der Waals surface area contributed by atoms with Gasteiger partial charge in [0, 0.05) is 19.2 Å². The van der Waals surface area contributed by atoms with Crippen LogP contribution >= 0.6 is 0 Å². The van der Waals surface area contributed by atoms with E-state index in [0.29, 0.717) is 5.88 Å². The molecule has 0 saturated carbocycles. The van der Waals surface area contributed by atoms with Gasteiger partial charge in [0.1, 0.15) is 0 Å². The summed E-state index contributed by atoms with van der Waals surface area (Å²) in [4.78, 5) is 13.0. The molecular formula is C14H21NO3. The van der Waals surface area contributed by atoms with Gasteiger partial charge in [-0.2, -0.15) is 0 Å². The number of hydrogen-bond acceptors (Lipinski definition) is 3. The van der Waals surface area contributed by atoms with E-state index < -0.39 is 5.97 Å². The summed E-state index contributed by atoms with van der Waals surface area (Å²) in [5, 5.41) is 8.85. The lowest BCUT2D eigenvalue weighted by molar-refractivity contribution is 0.0663. The van der Waals surface area contributed by atoms with Gasteiger partial charge in [-0.25, -0.2) is 4.79 Å². The van der Waals surface area contributed by atoms with E-state index in [0.717, 1.165) is 25.4 Å². The molecule has 0 amide bonds.